The summed E-state index contributed by atoms with van der Waals surface area (Å²) in [6, 6.07) is 11.6. The summed E-state index contributed by atoms with van der Waals surface area (Å²) in [6.45, 7) is 3.30. The second-order valence-corrected chi connectivity index (χ2v) is 7.85. The van der Waals surface area contributed by atoms with E-state index in [1.165, 1.54) is 0 Å². The van der Waals surface area contributed by atoms with Crippen LogP contribution in [0.5, 0.6) is 0 Å². The van der Waals surface area contributed by atoms with Crippen molar-refractivity contribution in [3.63, 3.8) is 0 Å². The van der Waals surface area contributed by atoms with Gasteiger partial charge in [0.05, 0.1) is 6.54 Å². The molecule has 1 saturated heterocycles. The van der Waals surface area contributed by atoms with Crippen molar-refractivity contribution < 1.29 is 9.52 Å². The lowest BCUT2D eigenvalue weighted by molar-refractivity contribution is 0.106. The third-order valence-corrected chi connectivity index (χ3v) is 5.91. The molecule has 0 aliphatic carbocycles. The summed E-state index contributed by atoms with van der Waals surface area (Å²) < 4.78 is 7.64. The Bertz CT molecular complexity index is 1040. The second kappa shape index (κ2) is 7.04. The molecular weight excluding hydrogens is 354 g/mol. The number of furan rings is 1. The van der Waals surface area contributed by atoms with Gasteiger partial charge in [-0.25, -0.2) is 0 Å². The number of piperidine rings is 1. The molecule has 0 saturated carbocycles. The van der Waals surface area contributed by atoms with E-state index < -0.39 is 0 Å². The van der Waals surface area contributed by atoms with Gasteiger partial charge in [-0.05, 0) is 42.7 Å². The molecular formula is C22H23N3O3. The van der Waals surface area contributed by atoms with Crippen LogP contribution in [-0.2, 0) is 19.7 Å². The zero-order valence-electron chi connectivity index (χ0n) is 15.6. The first-order valence-corrected chi connectivity index (χ1v) is 9.76. The number of aromatic nitrogens is 2. The van der Waals surface area contributed by atoms with Gasteiger partial charge in [-0.3, -0.25) is 14.7 Å². The van der Waals surface area contributed by atoms with Crippen LogP contribution in [0.4, 0.5) is 0 Å². The minimum atomic E-state index is -0.0686. The van der Waals surface area contributed by atoms with E-state index >= 15 is 0 Å². The van der Waals surface area contributed by atoms with Gasteiger partial charge < -0.3 is 14.1 Å². The van der Waals surface area contributed by atoms with Crippen molar-refractivity contribution in [1.82, 2.24) is 14.5 Å². The Morgan fingerprint density at radius 2 is 2.00 bits per heavy atom. The Balaban J connectivity index is 1.41. The molecule has 0 unspecified atom stereocenters. The average Bonchev–Trinajstić information content (AvgIpc) is 3.17. The Kier molecular flexibility index (Phi) is 4.37. The van der Waals surface area contributed by atoms with E-state index in [4.69, 9.17) is 4.42 Å². The van der Waals surface area contributed by atoms with Crippen LogP contribution in [0.1, 0.15) is 29.6 Å². The predicted octanol–water partition coefficient (Wildman–Crippen LogP) is 2.61. The lowest BCUT2D eigenvalue weighted by atomic mass is 9.82. The van der Waals surface area contributed by atoms with Gasteiger partial charge in [-0.1, -0.05) is 6.07 Å². The summed E-state index contributed by atoms with van der Waals surface area (Å²) in [7, 11) is 0. The van der Waals surface area contributed by atoms with Gasteiger partial charge in [0.15, 0.2) is 0 Å². The summed E-state index contributed by atoms with van der Waals surface area (Å²) in [5.41, 5.74) is 2.82. The molecule has 1 fully saturated rings. The third-order valence-electron chi connectivity index (χ3n) is 5.91. The highest BCUT2D eigenvalue weighted by molar-refractivity contribution is 5.61. The van der Waals surface area contributed by atoms with E-state index in [-0.39, 0.29) is 12.2 Å². The van der Waals surface area contributed by atoms with Crippen molar-refractivity contribution in [2.45, 2.75) is 32.0 Å². The molecule has 5 heterocycles. The lowest BCUT2D eigenvalue weighted by Gasteiger charge is -2.42. The number of aliphatic hydroxyl groups is 1. The van der Waals surface area contributed by atoms with Gasteiger partial charge in [0.25, 0.3) is 5.56 Å². The molecule has 28 heavy (non-hydrogen) atoms. The molecule has 3 aromatic heterocycles. The number of likely N-dealkylation sites (tertiary alicyclic amines) is 1. The molecule has 0 spiro atoms. The Morgan fingerprint density at radius 1 is 1.11 bits per heavy atom. The van der Waals surface area contributed by atoms with Crippen molar-refractivity contribution in [3.8, 4) is 11.1 Å². The Morgan fingerprint density at radius 3 is 2.79 bits per heavy atom. The summed E-state index contributed by atoms with van der Waals surface area (Å²) in [4.78, 5) is 19.7. The van der Waals surface area contributed by atoms with E-state index in [9.17, 15) is 9.90 Å². The third kappa shape index (κ3) is 3.08. The van der Waals surface area contributed by atoms with E-state index in [1.807, 2.05) is 34.9 Å². The lowest BCUT2D eigenvalue weighted by Crippen LogP contribution is -2.46. The van der Waals surface area contributed by atoms with Crippen molar-refractivity contribution in [3.05, 3.63) is 76.4 Å². The first kappa shape index (κ1) is 17.4. The zero-order chi connectivity index (χ0) is 19.1. The normalized spacial score (nSPS) is 21.5. The van der Waals surface area contributed by atoms with Crippen LogP contribution >= 0.6 is 0 Å². The van der Waals surface area contributed by atoms with Crippen LogP contribution in [0.15, 0.2) is 58.0 Å². The molecule has 2 atom stereocenters. The Hall–Kier alpha value is -2.70. The van der Waals surface area contributed by atoms with Crippen molar-refractivity contribution in [2.75, 3.05) is 13.1 Å². The van der Waals surface area contributed by atoms with E-state index in [0.717, 1.165) is 55.2 Å². The van der Waals surface area contributed by atoms with E-state index in [2.05, 4.69) is 16.0 Å². The fourth-order valence-electron chi connectivity index (χ4n) is 4.73. The van der Waals surface area contributed by atoms with Crippen molar-refractivity contribution in [2.24, 2.45) is 5.92 Å². The molecule has 144 valence electrons. The maximum atomic E-state index is 13.1. The van der Waals surface area contributed by atoms with Crippen LogP contribution in [0.3, 0.4) is 0 Å². The molecule has 6 nitrogen and oxygen atoms in total. The van der Waals surface area contributed by atoms with Crippen molar-refractivity contribution in [1.29, 1.82) is 0 Å². The number of rotatable bonds is 4. The van der Waals surface area contributed by atoms with E-state index in [0.29, 0.717) is 17.6 Å². The fourth-order valence-corrected chi connectivity index (χ4v) is 4.73. The first-order chi connectivity index (χ1) is 13.7. The average molecular weight is 377 g/mol. The predicted molar refractivity (Wildman–Crippen MR) is 105 cm³/mol. The van der Waals surface area contributed by atoms with Crippen LogP contribution in [0.2, 0.25) is 0 Å². The minimum Gasteiger partial charge on any atom is -0.462 e. The second-order valence-electron chi connectivity index (χ2n) is 7.85. The van der Waals surface area contributed by atoms with Crippen LogP contribution in [0, 0.1) is 5.92 Å². The SMILES string of the molecule is O=c1c(-c2cccnc2)ccc2n1C[C@H]1C[C@@H]2CN(Cc2ccc(CO)o2)C1. The summed E-state index contributed by atoms with van der Waals surface area (Å²) in [6.07, 6.45) is 4.60. The number of hydrogen-bond donors (Lipinski definition) is 1. The minimum absolute atomic E-state index is 0.0686. The molecule has 0 aromatic carbocycles. The molecule has 0 radical (unpaired) electrons. The molecule has 2 aliphatic heterocycles. The van der Waals surface area contributed by atoms with Crippen molar-refractivity contribution >= 4 is 0 Å². The van der Waals surface area contributed by atoms with Crippen LogP contribution in [0.25, 0.3) is 11.1 Å². The summed E-state index contributed by atoms with van der Waals surface area (Å²) in [5.74, 6) is 2.30. The molecule has 5 rings (SSSR count). The number of aliphatic hydroxyl groups excluding tert-OH is 1. The van der Waals surface area contributed by atoms with Gasteiger partial charge in [0.2, 0.25) is 0 Å². The van der Waals surface area contributed by atoms with Gasteiger partial charge in [-0.15, -0.1) is 0 Å². The quantitative estimate of drug-likeness (QED) is 0.757. The fraction of sp³-hybridized carbons (Fsp3) is 0.364. The maximum Gasteiger partial charge on any atom is 0.258 e. The topological polar surface area (TPSA) is 71.5 Å². The Labute approximate surface area is 163 Å². The summed E-state index contributed by atoms with van der Waals surface area (Å²) >= 11 is 0. The maximum absolute atomic E-state index is 13.1. The molecule has 0 amide bonds. The largest absolute Gasteiger partial charge is 0.462 e. The number of fused-ring (bicyclic) bond motifs is 4. The number of nitrogens with zero attached hydrogens (tertiary/aromatic N) is 3. The van der Waals surface area contributed by atoms with Crippen LogP contribution < -0.4 is 5.56 Å². The number of pyridine rings is 2. The van der Waals surface area contributed by atoms with Gasteiger partial charge in [-0.2, -0.15) is 0 Å². The zero-order valence-corrected chi connectivity index (χ0v) is 15.6. The number of hydrogen-bond acceptors (Lipinski definition) is 5. The molecule has 6 heteroatoms. The smallest absolute Gasteiger partial charge is 0.258 e. The van der Waals surface area contributed by atoms with Crippen LogP contribution in [-0.4, -0.2) is 32.6 Å². The highest BCUT2D eigenvalue weighted by atomic mass is 16.4. The first-order valence-electron chi connectivity index (χ1n) is 9.76. The molecule has 2 aliphatic rings. The van der Waals surface area contributed by atoms with E-state index in [1.54, 1.807) is 12.4 Å². The van der Waals surface area contributed by atoms with Gasteiger partial charge >= 0.3 is 0 Å². The molecule has 3 aromatic rings. The van der Waals surface area contributed by atoms with Gasteiger partial charge in [0, 0.05) is 54.8 Å². The summed E-state index contributed by atoms with van der Waals surface area (Å²) in [5, 5.41) is 9.18. The van der Waals surface area contributed by atoms with Gasteiger partial charge in [0.1, 0.15) is 18.1 Å². The monoisotopic (exact) mass is 377 g/mol. The standard InChI is InChI=1S/C22H23N3O3/c26-14-19-4-3-18(28-19)13-24-10-15-8-17(12-24)21-6-5-20(22(27)25(21)11-15)16-2-1-7-23-9-16/h1-7,9,15,17,26H,8,10-14H2/t15-,17+/m0/s1. The highest BCUT2D eigenvalue weighted by Crippen LogP contribution is 2.36. The highest BCUT2D eigenvalue weighted by Gasteiger charge is 2.35. The molecule has 2 bridgehead atoms. The molecule has 1 N–H and O–H groups in total.